The van der Waals surface area contributed by atoms with E-state index >= 15 is 0 Å². The van der Waals surface area contributed by atoms with Crippen LogP contribution in [0, 0.1) is 0 Å². The van der Waals surface area contributed by atoms with Crippen LogP contribution < -0.4 is 0 Å². The fourth-order valence-corrected chi connectivity index (χ4v) is 5.13. The van der Waals surface area contributed by atoms with Gasteiger partial charge < -0.3 is 9.84 Å². The number of ether oxygens (including phenoxy) is 1. The van der Waals surface area contributed by atoms with Gasteiger partial charge in [0.15, 0.2) is 0 Å². The number of hydrogen-bond acceptors (Lipinski definition) is 5. The van der Waals surface area contributed by atoms with Crippen molar-refractivity contribution in [3.63, 3.8) is 0 Å². The van der Waals surface area contributed by atoms with Gasteiger partial charge >= 0.3 is 5.97 Å². The molecule has 2 aromatic carbocycles. The first kappa shape index (κ1) is 19.8. The van der Waals surface area contributed by atoms with Gasteiger partial charge in [0, 0.05) is 29.9 Å². The third-order valence-corrected chi connectivity index (χ3v) is 6.60. The maximum atomic E-state index is 11.3. The summed E-state index contributed by atoms with van der Waals surface area (Å²) in [5, 5.41) is 13.2. The van der Waals surface area contributed by atoms with E-state index in [0.717, 1.165) is 24.9 Å². The number of carbonyl (C=O) groups is 1. The number of methoxy groups -OCH3 is 1. The van der Waals surface area contributed by atoms with Crippen LogP contribution in [-0.2, 0) is 22.5 Å². The van der Waals surface area contributed by atoms with E-state index in [2.05, 4.69) is 51.4 Å². The maximum Gasteiger partial charge on any atom is 0.330 e. The highest BCUT2D eigenvalue weighted by Crippen LogP contribution is 2.38. The zero-order valence-electron chi connectivity index (χ0n) is 16.5. The monoisotopic (exact) mass is 407 g/mol. The molecule has 1 heterocycles. The number of esters is 1. The summed E-state index contributed by atoms with van der Waals surface area (Å²) < 4.78 is 5.97. The molecule has 0 fully saturated rings. The fraction of sp³-hybridized carbons (Fsp3) is 0.292. The predicted octanol–water partition coefficient (Wildman–Crippen LogP) is 4.57. The Morgan fingerprint density at radius 1 is 1.31 bits per heavy atom. The second kappa shape index (κ2) is 8.91. The summed E-state index contributed by atoms with van der Waals surface area (Å²) in [7, 11) is 1.38. The molecule has 0 saturated heterocycles. The predicted molar refractivity (Wildman–Crippen MR) is 118 cm³/mol. The highest BCUT2D eigenvalue weighted by Gasteiger charge is 2.28. The summed E-state index contributed by atoms with van der Waals surface area (Å²) in [4.78, 5) is 13.7. The van der Waals surface area contributed by atoms with Crippen molar-refractivity contribution >= 4 is 33.5 Å². The van der Waals surface area contributed by atoms with Gasteiger partial charge in [0.25, 0.3) is 0 Å². The van der Waals surface area contributed by atoms with E-state index in [0.29, 0.717) is 12.6 Å². The molecule has 1 N–H and O–H groups in total. The highest BCUT2D eigenvalue weighted by atomic mass is 32.1. The fourth-order valence-electron chi connectivity index (χ4n) is 4.18. The lowest BCUT2D eigenvalue weighted by Crippen LogP contribution is -2.30. The van der Waals surface area contributed by atoms with Crippen LogP contribution in [0.2, 0.25) is 0 Å². The Labute approximate surface area is 175 Å². The van der Waals surface area contributed by atoms with E-state index in [1.807, 2.05) is 6.07 Å². The van der Waals surface area contributed by atoms with E-state index in [4.69, 9.17) is 0 Å². The van der Waals surface area contributed by atoms with Crippen molar-refractivity contribution in [3.05, 3.63) is 76.2 Å². The molecule has 0 aliphatic heterocycles. The quantitative estimate of drug-likeness (QED) is 0.460. The Balaban J connectivity index is 1.57. The minimum atomic E-state index is -0.347. The second-order valence-electron chi connectivity index (χ2n) is 7.32. The topological polar surface area (TPSA) is 49.8 Å². The molecule has 5 heteroatoms. The average Bonchev–Trinajstić information content (AvgIpc) is 3.35. The van der Waals surface area contributed by atoms with Gasteiger partial charge in [0.2, 0.25) is 0 Å². The first-order chi connectivity index (χ1) is 14.2. The second-order valence-corrected chi connectivity index (χ2v) is 8.23. The maximum absolute atomic E-state index is 11.3. The number of benzene rings is 2. The minimum absolute atomic E-state index is 0.147. The Kier molecular flexibility index (Phi) is 6.09. The van der Waals surface area contributed by atoms with Gasteiger partial charge in [0.1, 0.15) is 0 Å². The molecule has 150 valence electrons. The van der Waals surface area contributed by atoms with Gasteiger partial charge in [-0.25, -0.2) is 4.79 Å². The van der Waals surface area contributed by atoms with Crippen molar-refractivity contribution in [2.24, 2.45) is 0 Å². The Bertz CT molecular complexity index is 1040. The van der Waals surface area contributed by atoms with Crippen LogP contribution in [0.3, 0.4) is 0 Å². The Hall–Kier alpha value is -2.47. The third kappa shape index (κ3) is 4.27. The summed E-state index contributed by atoms with van der Waals surface area (Å²) in [6.45, 7) is 1.63. The highest BCUT2D eigenvalue weighted by molar-refractivity contribution is 7.17. The molecular formula is C24H25NO3S. The molecule has 3 aromatic rings. The van der Waals surface area contributed by atoms with Crippen molar-refractivity contribution in [1.82, 2.24) is 4.90 Å². The molecule has 0 amide bonds. The molecule has 1 unspecified atom stereocenters. The number of fused-ring (bicyclic) bond motifs is 2. The average molecular weight is 408 g/mol. The number of nitrogens with zero attached hydrogens (tertiary/aromatic N) is 1. The van der Waals surface area contributed by atoms with Crippen LogP contribution in [0.25, 0.3) is 16.2 Å². The van der Waals surface area contributed by atoms with E-state index in [1.165, 1.54) is 40.0 Å². The molecule has 0 saturated carbocycles. The zero-order valence-corrected chi connectivity index (χ0v) is 17.3. The van der Waals surface area contributed by atoms with Crippen molar-refractivity contribution in [2.75, 3.05) is 20.3 Å². The zero-order chi connectivity index (χ0) is 20.2. The molecule has 0 bridgehead atoms. The van der Waals surface area contributed by atoms with Crippen molar-refractivity contribution in [3.8, 4) is 0 Å². The number of carbonyl (C=O) groups excluding carboxylic acids is 1. The molecule has 1 atom stereocenters. The molecule has 1 aromatic heterocycles. The lowest BCUT2D eigenvalue weighted by atomic mass is 10.0. The van der Waals surface area contributed by atoms with E-state index in [9.17, 15) is 9.90 Å². The van der Waals surface area contributed by atoms with Gasteiger partial charge in [-0.1, -0.05) is 36.4 Å². The first-order valence-corrected chi connectivity index (χ1v) is 10.8. The van der Waals surface area contributed by atoms with E-state index in [1.54, 1.807) is 17.4 Å². The number of thiophene rings is 1. The van der Waals surface area contributed by atoms with Crippen molar-refractivity contribution in [1.29, 1.82) is 0 Å². The number of hydrogen-bond donors (Lipinski definition) is 1. The summed E-state index contributed by atoms with van der Waals surface area (Å²) in [6.07, 6.45) is 5.30. The summed E-state index contributed by atoms with van der Waals surface area (Å²) in [5.74, 6) is -0.347. The largest absolute Gasteiger partial charge is 0.466 e. The van der Waals surface area contributed by atoms with Crippen LogP contribution >= 0.6 is 11.3 Å². The van der Waals surface area contributed by atoms with Crippen LogP contribution in [0.1, 0.15) is 34.7 Å². The minimum Gasteiger partial charge on any atom is -0.466 e. The lowest BCUT2D eigenvalue weighted by Gasteiger charge is -2.29. The first-order valence-electron chi connectivity index (χ1n) is 9.88. The van der Waals surface area contributed by atoms with Gasteiger partial charge in [-0.15, -0.1) is 11.3 Å². The molecule has 1 aliphatic carbocycles. The molecule has 29 heavy (non-hydrogen) atoms. The number of aliphatic hydroxyl groups is 1. The van der Waals surface area contributed by atoms with Crippen LogP contribution in [0.4, 0.5) is 0 Å². The van der Waals surface area contributed by atoms with Crippen LogP contribution in [0.5, 0.6) is 0 Å². The molecule has 0 radical (unpaired) electrons. The van der Waals surface area contributed by atoms with Crippen LogP contribution in [-0.4, -0.2) is 36.2 Å². The standard InChI is InChI=1S/C24H25NO3S/c1-28-24(27)11-7-17-6-9-20-18(14-17)8-10-22(20)25(12-13-26)15-19-16-29-23-5-3-2-4-21(19)23/h2-7,9,11,14,16,22,26H,8,10,12-13,15H2,1H3/b11-7+. The number of aliphatic hydroxyl groups excluding tert-OH is 1. The summed E-state index contributed by atoms with van der Waals surface area (Å²) in [5.41, 5.74) is 4.98. The van der Waals surface area contributed by atoms with Crippen molar-refractivity contribution in [2.45, 2.75) is 25.4 Å². The Morgan fingerprint density at radius 2 is 2.17 bits per heavy atom. The molecule has 1 aliphatic rings. The van der Waals surface area contributed by atoms with Gasteiger partial charge in [0.05, 0.1) is 13.7 Å². The van der Waals surface area contributed by atoms with Gasteiger partial charge in [-0.2, -0.15) is 0 Å². The SMILES string of the molecule is COC(=O)/C=C/c1ccc2c(c1)CCC2N(CCO)Cc1csc2ccccc12. The van der Waals surface area contributed by atoms with Gasteiger partial charge in [-0.3, -0.25) is 4.90 Å². The molecule has 4 nitrogen and oxygen atoms in total. The number of rotatable bonds is 7. The van der Waals surface area contributed by atoms with Crippen molar-refractivity contribution < 1.29 is 14.6 Å². The molecule has 0 spiro atoms. The summed E-state index contributed by atoms with van der Waals surface area (Å²) in [6, 6.07) is 15.2. The van der Waals surface area contributed by atoms with E-state index in [-0.39, 0.29) is 12.6 Å². The normalized spacial score (nSPS) is 16.0. The molecular weight excluding hydrogens is 382 g/mol. The van der Waals surface area contributed by atoms with E-state index < -0.39 is 0 Å². The lowest BCUT2D eigenvalue weighted by molar-refractivity contribution is -0.134. The summed E-state index contributed by atoms with van der Waals surface area (Å²) >= 11 is 1.78. The molecule has 4 rings (SSSR count). The van der Waals surface area contributed by atoms with Crippen LogP contribution in [0.15, 0.2) is 53.9 Å². The van der Waals surface area contributed by atoms with Gasteiger partial charge in [-0.05, 0) is 58.0 Å². The smallest absolute Gasteiger partial charge is 0.330 e. The number of aryl methyl sites for hydroxylation is 1. The third-order valence-electron chi connectivity index (χ3n) is 5.59. The Morgan fingerprint density at radius 3 is 3.00 bits per heavy atom.